The molecule has 0 spiro atoms. The molecule has 4 N–H and O–H groups in total. The van der Waals surface area contributed by atoms with Crippen molar-refractivity contribution in [2.45, 2.75) is 6.42 Å². The Morgan fingerprint density at radius 3 is 2.90 bits per heavy atom. The topological polar surface area (TPSA) is 64.9 Å². The highest BCUT2D eigenvalue weighted by Gasteiger charge is 1.90. The number of nitrogen functional groups attached to an aromatic ring is 1. The van der Waals surface area contributed by atoms with Gasteiger partial charge in [-0.15, -0.1) is 0 Å². The van der Waals surface area contributed by atoms with Crippen LogP contribution in [0.1, 0.15) is 5.56 Å². The van der Waals surface area contributed by atoms with Gasteiger partial charge in [-0.25, -0.2) is 4.98 Å². The number of anilines is 1. The van der Waals surface area contributed by atoms with Crippen LogP contribution < -0.4 is 11.5 Å². The predicted molar refractivity (Wildman–Crippen MR) is 41.4 cm³/mol. The normalized spacial score (nSPS) is 9.70. The smallest absolute Gasteiger partial charge is 0.123 e. The van der Waals surface area contributed by atoms with Crippen LogP contribution in [0.4, 0.5) is 5.82 Å². The first-order valence-corrected chi connectivity index (χ1v) is 3.23. The fourth-order valence-electron chi connectivity index (χ4n) is 0.817. The van der Waals surface area contributed by atoms with Crippen LogP contribution in [0.15, 0.2) is 18.3 Å². The molecule has 1 heterocycles. The molecule has 3 heteroatoms. The van der Waals surface area contributed by atoms with Crippen molar-refractivity contribution in [3.63, 3.8) is 0 Å². The van der Waals surface area contributed by atoms with Crippen molar-refractivity contribution in [3.05, 3.63) is 23.9 Å². The van der Waals surface area contributed by atoms with Gasteiger partial charge in [-0.3, -0.25) is 0 Å². The fourth-order valence-corrected chi connectivity index (χ4v) is 0.817. The molecule has 0 atom stereocenters. The van der Waals surface area contributed by atoms with Gasteiger partial charge in [-0.2, -0.15) is 0 Å². The summed E-state index contributed by atoms with van der Waals surface area (Å²) in [6, 6.07) is 3.76. The Bertz CT molecular complexity index is 210. The van der Waals surface area contributed by atoms with E-state index >= 15 is 0 Å². The number of pyridine rings is 1. The average Bonchev–Trinajstić information content (AvgIpc) is 1.88. The molecule has 1 aromatic heterocycles. The van der Waals surface area contributed by atoms with E-state index in [0.717, 1.165) is 12.0 Å². The van der Waals surface area contributed by atoms with Crippen LogP contribution in [-0.2, 0) is 6.42 Å². The molecule has 1 rings (SSSR count). The second-order valence-electron chi connectivity index (χ2n) is 2.13. The maximum atomic E-state index is 5.44. The summed E-state index contributed by atoms with van der Waals surface area (Å²) in [5.41, 5.74) is 11.9. The van der Waals surface area contributed by atoms with Gasteiger partial charge >= 0.3 is 0 Å². The van der Waals surface area contributed by atoms with Crippen LogP contribution in [0.2, 0.25) is 0 Å². The maximum absolute atomic E-state index is 5.44. The van der Waals surface area contributed by atoms with Gasteiger partial charge in [-0.05, 0) is 30.7 Å². The van der Waals surface area contributed by atoms with Crippen molar-refractivity contribution >= 4 is 5.82 Å². The minimum absolute atomic E-state index is 0.561. The van der Waals surface area contributed by atoms with Crippen molar-refractivity contribution in [1.29, 1.82) is 0 Å². The lowest BCUT2D eigenvalue weighted by Crippen LogP contribution is -2.03. The van der Waals surface area contributed by atoms with Gasteiger partial charge in [0.15, 0.2) is 0 Å². The second-order valence-corrected chi connectivity index (χ2v) is 2.13. The first-order chi connectivity index (χ1) is 4.83. The van der Waals surface area contributed by atoms with Gasteiger partial charge in [0.1, 0.15) is 5.82 Å². The van der Waals surface area contributed by atoms with Gasteiger partial charge in [0.2, 0.25) is 0 Å². The zero-order valence-electron chi connectivity index (χ0n) is 5.75. The summed E-state index contributed by atoms with van der Waals surface area (Å²) in [4.78, 5) is 3.86. The minimum atomic E-state index is 0.561. The van der Waals surface area contributed by atoms with E-state index in [2.05, 4.69) is 4.98 Å². The van der Waals surface area contributed by atoms with E-state index in [9.17, 15) is 0 Å². The van der Waals surface area contributed by atoms with Crippen LogP contribution in [0.3, 0.4) is 0 Å². The molecule has 0 aliphatic carbocycles. The SMILES string of the molecule is NCCc1ccnc(N)c1. The number of hydrogen-bond acceptors (Lipinski definition) is 3. The zero-order valence-corrected chi connectivity index (χ0v) is 5.75. The summed E-state index contributed by atoms with van der Waals surface area (Å²) in [5.74, 6) is 0.561. The molecule has 0 aliphatic heterocycles. The van der Waals surface area contributed by atoms with E-state index in [1.807, 2.05) is 12.1 Å². The maximum Gasteiger partial charge on any atom is 0.123 e. The Morgan fingerprint density at radius 1 is 1.50 bits per heavy atom. The fraction of sp³-hybridized carbons (Fsp3) is 0.286. The Kier molecular flexibility index (Phi) is 2.23. The first kappa shape index (κ1) is 7.02. The monoisotopic (exact) mass is 137 g/mol. The standard InChI is InChI=1S/C7H11N3/c8-3-1-6-2-4-10-7(9)5-6/h2,4-5H,1,3,8H2,(H2,9,10). The molecule has 1 aromatic rings. The Hall–Kier alpha value is -1.09. The highest BCUT2D eigenvalue weighted by molar-refractivity contribution is 5.31. The highest BCUT2D eigenvalue weighted by atomic mass is 14.8. The van der Waals surface area contributed by atoms with Crippen molar-refractivity contribution in [2.24, 2.45) is 5.73 Å². The lowest BCUT2D eigenvalue weighted by atomic mass is 10.2. The summed E-state index contributed by atoms with van der Waals surface area (Å²) < 4.78 is 0. The average molecular weight is 137 g/mol. The molecule has 3 nitrogen and oxygen atoms in total. The van der Waals surface area contributed by atoms with Crippen LogP contribution in [0, 0.1) is 0 Å². The molecular formula is C7H11N3. The summed E-state index contributed by atoms with van der Waals surface area (Å²) >= 11 is 0. The molecule has 0 radical (unpaired) electrons. The third-order valence-electron chi connectivity index (χ3n) is 1.28. The van der Waals surface area contributed by atoms with Crippen molar-refractivity contribution < 1.29 is 0 Å². The van der Waals surface area contributed by atoms with Gasteiger partial charge in [-0.1, -0.05) is 0 Å². The van der Waals surface area contributed by atoms with Crippen LogP contribution in [-0.4, -0.2) is 11.5 Å². The van der Waals surface area contributed by atoms with Gasteiger partial charge in [0.05, 0.1) is 0 Å². The highest BCUT2D eigenvalue weighted by Crippen LogP contribution is 2.01. The summed E-state index contributed by atoms with van der Waals surface area (Å²) in [7, 11) is 0. The molecular weight excluding hydrogens is 126 g/mol. The van der Waals surface area contributed by atoms with Gasteiger partial charge in [0.25, 0.3) is 0 Å². The molecule has 0 saturated carbocycles. The summed E-state index contributed by atoms with van der Waals surface area (Å²) in [6.45, 7) is 0.656. The zero-order chi connectivity index (χ0) is 7.40. The summed E-state index contributed by atoms with van der Waals surface area (Å²) in [6.07, 6.45) is 2.56. The van der Waals surface area contributed by atoms with Crippen molar-refractivity contribution in [3.8, 4) is 0 Å². The molecule has 0 aromatic carbocycles. The van der Waals surface area contributed by atoms with Crippen molar-refractivity contribution in [1.82, 2.24) is 4.98 Å². The molecule has 0 bridgehead atoms. The lowest BCUT2D eigenvalue weighted by molar-refractivity contribution is 0.965. The van der Waals surface area contributed by atoms with E-state index in [-0.39, 0.29) is 0 Å². The molecule has 10 heavy (non-hydrogen) atoms. The Morgan fingerprint density at radius 2 is 2.30 bits per heavy atom. The van der Waals surface area contributed by atoms with E-state index in [1.54, 1.807) is 6.20 Å². The summed E-state index contributed by atoms with van der Waals surface area (Å²) in [5, 5.41) is 0. The van der Waals surface area contributed by atoms with Gasteiger partial charge < -0.3 is 11.5 Å². The molecule has 0 aliphatic rings. The molecule has 0 unspecified atom stereocenters. The molecule has 0 fully saturated rings. The van der Waals surface area contributed by atoms with E-state index < -0.39 is 0 Å². The first-order valence-electron chi connectivity index (χ1n) is 3.23. The number of aromatic nitrogens is 1. The number of rotatable bonds is 2. The number of hydrogen-bond donors (Lipinski definition) is 2. The molecule has 0 saturated heterocycles. The van der Waals surface area contributed by atoms with Gasteiger partial charge in [0, 0.05) is 6.20 Å². The van der Waals surface area contributed by atoms with E-state index in [1.165, 1.54) is 0 Å². The molecule has 54 valence electrons. The number of nitrogens with two attached hydrogens (primary N) is 2. The third kappa shape index (κ3) is 1.70. The Labute approximate surface area is 60.1 Å². The van der Waals surface area contributed by atoms with E-state index in [0.29, 0.717) is 12.4 Å². The van der Waals surface area contributed by atoms with Crippen LogP contribution in [0.5, 0.6) is 0 Å². The number of nitrogens with zero attached hydrogens (tertiary/aromatic N) is 1. The second kappa shape index (κ2) is 3.17. The quantitative estimate of drug-likeness (QED) is 0.610. The van der Waals surface area contributed by atoms with Crippen molar-refractivity contribution in [2.75, 3.05) is 12.3 Å². The lowest BCUT2D eigenvalue weighted by Gasteiger charge is -1.97. The van der Waals surface area contributed by atoms with E-state index in [4.69, 9.17) is 11.5 Å². The van der Waals surface area contributed by atoms with Crippen LogP contribution >= 0.6 is 0 Å². The van der Waals surface area contributed by atoms with Crippen LogP contribution in [0.25, 0.3) is 0 Å². The predicted octanol–water partition coefficient (Wildman–Crippen LogP) is 0.165. The Balaban J connectivity index is 2.75. The third-order valence-corrected chi connectivity index (χ3v) is 1.28. The minimum Gasteiger partial charge on any atom is -0.384 e. The largest absolute Gasteiger partial charge is 0.384 e. The molecule has 0 amide bonds.